The van der Waals surface area contributed by atoms with Crippen LogP contribution in [0, 0.1) is 12.8 Å². The summed E-state index contributed by atoms with van der Waals surface area (Å²) in [5.41, 5.74) is 2.30. The second-order valence-corrected chi connectivity index (χ2v) is 9.59. The van der Waals surface area contributed by atoms with Gasteiger partial charge < -0.3 is 15.5 Å². The maximum atomic E-state index is 12.7. The van der Waals surface area contributed by atoms with Crippen molar-refractivity contribution in [2.45, 2.75) is 26.3 Å². The van der Waals surface area contributed by atoms with Crippen molar-refractivity contribution in [1.29, 1.82) is 0 Å². The van der Waals surface area contributed by atoms with Crippen LogP contribution in [-0.2, 0) is 14.8 Å². The highest BCUT2D eigenvalue weighted by atomic mass is 32.2. The smallest absolute Gasteiger partial charge is 0.236 e. The number of carbonyl (C=O) groups is 1. The van der Waals surface area contributed by atoms with Gasteiger partial charge in [-0.25, -0.2) is 8.42 Å². The number of rotatable bonds is 5. The lowest BCUT2D eigenvalue weighted by Crippen LogP contribution is -2.53. The second-order valence-electron chi connectivity index (χ2n) is 7.63. The zero-order chi connectivity index (χ0) is 19.4. The molecule has 1 aromatic rings. The number of hydrogen-bond donors (Lipinski definition) is 2. The van der Waals surface area contributed by atoms with Crippen LogP contribution in [-0.4, -0.2) is 69.7 Å². The fourth-order valence-corrected chi connectivity index (χ4v) is 5.10. The maximum absolute atomic E-state index is 12.7. The number of benzene rings is 1. The highest BCUT2D eigenvalue weighted by Gasteiger charge is 2.30. The summed E-state index contributed by atoms with van der Waals surface area (Å²) in [5.74, 6) is -0.549. The Morgan fingerprint density at radius 1 is 1.26 bits per heavy atom. The molecule has 0 bridgehead atoms. The van der Waals surface area contributed by atoms with Gasteiger partial charge in [0, 0.05) is 37.9 Å². The van der Waals surface area contributed by atoms with E-state index in [1.165, 1.54) is 9.87 Å². The Morgan fingerprint density at radius 3 is 2.67 bits per heavy atom. The summed E-state index contributed by atoms with van der Waals surface area (Å²) < 4.78 is 26.8. The molecule has 2 aliphatic heterocycles. The predicted molar refractivity (Wildman–Crippen MR) is 107 cm³/mol. The molecule has 2 aliphatic rings. The van der Waals surface area contributed by atoms with Crippen molar-refractivity contribution in [3.63, 3.8) is 0 Å². The Bertz CT molecular complexity index is 760. The van der Waals surface area contributed by atoms with E-state index in [0.717, 1.165) is 25.2 Å². The van der Waals surface area contributed by atoms with Gasteiger partial charge in [-0.15, -0.1) is 0 Å². The Labute approximate surface area is 162 Å². The summed E-state index contributed by atoms with van der Waals surface area (Å²) in [4.78, 5) is 14.5. The molecule has 2 heterocycles. The Hall–Kier alpha value is -1.64. The van der Waals surface area contributed by atoms with Gasteiger partial charge in [0.25, 0.3) is 0 Å². The van der Waals surface area contributed by atoms with Crippen LogP contribution in [0.5, 0.6) is 0 Å². The van der Waals surface area contributed by atoms with E-state index in [9.17, 15) is 13.2 Å². The average molecular weight is 395 g/mol. The zero-order valence-corrected chi connectivity index (χ0v) is 17.0. The van der Waals surface area contributed by atoms with Gasteiger partial charge in [0.15, 0.2) is 0 Å². The quantitative estimate of drug-likeness (QED) is 0.763. The van der Waals surface area contributed by atoms with Crippen molar-refractivity contribution in [3.8, 4) is 0 Å². The van der Waals surface area contributed by atoms with Crippen molar-refractivity contribution in [2.75, 3.05) is 49.9 Å². The van der Waals surface area contributed by atoms with E-state index in [4.69, 9.17) is 0 Å². The van der Waals surface area contributed by atoms with E-state index >= 15 is 0 Å². The Balaban J connectivity index is 1.52. The molecule has 1 aromatic carbocycles. The van der Waals surface area contributed by atoms with E-state index < -0.39 is 21.7 Å². The molecule has 2 unspecified atom stereocenters. The molecule has 0 spiro atoms. The normalized spacial score (nSPS) is 24.6. The molecule has 8 heteroatoms. The number of piperidine rings is 1. The lowest BCUT2D eigenvalue weighted by atomic mass is 9.95. The lowest BCUT2D eigenvalue weighted by molar-refractivity contribution is -0.119. The molecule has 2 N–H and O–H groups in total. The third kappa shape index (κ3) is 5.21. The number of nitrogens with zero attached hydrogens (tertiary/aromatic N) is 2. The molecule has 2 fully saturated rings. The second kappa shape index (κ2) is 8.58. The third-order valence-electron chi connectivity index (χ3n) is 5.44. The first-order valence-corrected chi connectivity index (χ1v) is 11.3. The van der Waals surface area contributed by atoms with Crippen LogP contribution >= 0.6 is 0 Å². The standard InChI is InChI=1S/C19H30N4O3S/c1-15-4-3-5-17(12-15)22-8-10-23(11-9-22)27(25,26)14-19(24)21-18-6-7-20-13-16(18)2/h3-5,12,16,18,20H,6-11,13-14H2,1-2H3,(H,21,24). The van der Waals surface area contributed by atoms with E-state index in [-0.39, 0.29) is 6.04 Å². The van der Waals surface area contributed by atoms with Gasteiger partial charge in [-0.1, -0.05) is 19.1 Å². The number of carbonyl (C=O) groups excluding carboxylic acids is 1. The maximum Gasteiger partial charge on any atom is 0.236 e. The number of anilines is 1. The van der Waals surface area contributed by atoms with Gasteiger partial charge in [-0.05, 0) is 50.0 Å². The summed E-state index contributed by atoms with van der Waals surface area (Å²) in [6.45, 7) is 7.90. The van der Waals surface area contributed by atoms with Crippen LogP contribution < -0.4 is 15.5 Å². The van der Waals surface area contributed by atoms with Crippen LogP contribution in [0.2, 0.25) is 0 Å². The molecule has 150 valence electrons. The summed E-state index contributed by atoms with van der Waals surface area (Å²) >= 11 is 0. The first-order valence-electron chi connectivity index (χ1n) is 9.65. The molecule has 7 nitrogen and oxygen atoms in total. The summed E-state index contributed by atoms with van der Waals surface area (Å²) in [6, 6.07) is 8.27. The predicted octanol–water partition coefficient (Wildman–Crippen LogP) is 0.561. The highest BCUT2D eigenvalue weighted by Crippen LogP contribution is 2.19. The lowest BCUT2D eigenvalue weighted by Gasteiger charge is -2.35. The highest BCUT2D eigenvalue weighted by molar-refractivity contribution is 7.89. The summed E-state index contributed by atoms with van der Waals surface area (Å²) in [5, 5.41) is 6.19. The fraction of sp³-hybridized carbons (Fsp3) is 0.632. The molecule has 0 aromatic heterocycles. The van der Waals surface area contributed by atoms with Crippen molar-refractivity contribution in [2.24, 2.45) is 5.92 Å². The molecule has 2 saturated heterocycles. The van der Waals surface area contributed by atoms with Crippen molar-refractivity contribution >= 4 is 21.6 Å². The molecule has 0 aliphatic carbocycles. The van der Waals surface area contributed by atoms with Crippen LogP contribution in [0.25, 0.3) is 0 Å². The molecular weight excluding hydrogens is 364 g/mol. The first-order chi connectivity index (χ1) is 12.8. The van der Waals surface area contributed by atoms with Crippen molar-refractivity contribution < 1.29 is 13.2 Å². The molecule has 0 radical (unpaired) electrons. The number of nitrogens with one attached hydrogen (secondary N) is 2. The van der Waals surface area contributed by atoms with Gasteiger partial charge in [0.05, 0.1) is 0 Å². The number of hydrogen-bond acceptors (Lipinski definition) is 5. The van der Waals surface area contributed by atoms with Crippen molar-refractivity contribution in [1.82, 2.24) is 14.9 Å². The Morgan fingerprint density at radius 2 is 2.00 bits per heavy atom. The minimum Gasteiger partial charge on any atom is -0.369 e. The number of amides is 1. The van der Waals surface area contributed by atoms with Crippen molar-refractivity contribution in [3.05, 3.63) is 29.8 Å². The largest absolute Gasteiger partial charge is 0.369 e. The van der Waals surface area contributed by atoms with E-state index in [2.05, 4.69) is 28.5 Å². The molecule has 1 amide bonds. The third-order valence-corrected chi connectivity index (χ3v) is 7.22. The monoisotopic (exact) mass is 394 g/mol. The minimum absolute atomic E-state index is 0.0483. The SMILES string of the molecule is Cc1cccc(N2CCN(S(=O)(=O)CC(=O)NC3CCNCC3C)CC2)c1. The first kappa shape index (κ1) is 20.1. The zero-order valence-electron chi connectivity index (χ0n) is 16.1. The average Bonchev–Trinajstić information content (AvgIpc) is 2.63. The van der Waals surface area contributed by atoms with Crippen LogP contribution in [0.1, 0.15) is 18.9 Å². The molecular formula is C19H30N4O3S. The van der Waals surface area contributed by atoms with Crippen LogP contribution in [0.3, 0.4) is 0 Å². The number of aryl methyl sites for hydroxylation is 1. The molecule has 0 saturated carbocycles. The number of sulfonamides is 1. The van der Waals surface area contributed by atoms with Gasteiger partial charge in [0.1, 0.15) is 5.75 Å². The molecule has 2 atom stereocenters. The number of piperazine rings is 1. The summed E-state index contributed by atoms with van der Waals surface area (Å²) in [7, 11) is -3.59. The van der Waals surface area contributed by atoms with Gasteiger partial charge in [-0.3, -0.25) is 4.79 Å². The Kier molecular flexibility index (Phi) is 6.39. The van der Waals surface area contributed by atoms with Gasteiger partial charge in [0.2, 0.25) is 15.9 Å². The minimum atomic E-state index is -3.59. The van der Waals surface area contributed by atoms with E-state index in [1.807, 2.05) is 25.1 Å². The van der Waals surface area contributed by atoms with E-state index in [0.29, 0.717) is 32.1 Å². The van der Waals surface area contributed by atoms with Gasteiger partial charge >= 0.3 is 0 Å². The molecule has 3 rings (SSSR count). The molecule has 27 heavy (non-hydrogen) atoms. The van der Waals surface area contributed by atoms with Crippen LogP contribution in [0.15, 0.2) is 24.3 Å². The topological polar surface area (TPSA) is 81.8 Å². The van der Waals surface area contributed by atoms with E-state index in [1.54, 1.807) is 0 Å². The van der Waals surface area contributed by atoms with Crippen LogP contribution in [0.4, 0.5) is 5.69 Å². The fourth-order valence-electron chi connectivity index (χ4n) is 3.78. The summed E-state index contributed by atoms with van der Waals surface area (Å²) in [6.07, 6.45) is 0.835. The van der Waals surface area contributed by atoms with Gasteiger partial charge in [-0.2, -0.15) is 4.31 Å².